The van der Waals surface area contributed by atoms with Crippen LogP contribution in [-0.2, 0) is 6.42 Å². The number of aliphatic hydroxyl groups is 1. The van der Waals surface area contributed by atoms with Crippen molar-refractivity contribution in [2.75, 3.05) is 19.7 Å². The van der Waals surface area contributed by atoms with Crippen molar-refractivity contribution in [3.63, 3.8) is 0 Å². The molecule has 0 aliphatic carbocycles. The van der Waals surface area contributed by atoms with E-state index in [1.165, 1.54) is 38.5 Å². The molecule has 152 valence electrons. The minimum Gasteiger partial charge on any atom is -0.494 e. The molecule has 0 saturated carbocycles. The molecule has 0 spiro atoms. The van der Waals surface area contributed by atoms with Gasteiger partial charge in [-0.3, -0.25) is 4.90 Å². The zero-order valence-electron chi connectivity index (χ0n) is 16.8. The third-order valence-electron chi connectivity index (χ3n) is 6.39. The van der Waals surface area contributed by atoms with Gasteiger partial charge >= 0.3 is 0 Å². The van der Waals surface area contributed by atoms with E-state index in [4.69, 9.17) is 16.3 Å². The number of nitrogens with zero attached hydrogens (tertiary/aromatic N) is 1. The molecule has 27 heavy (non-hydrogen) atoms. The van der Waals surface area contributed by atoms with Crippen molar-refractivity contribution in [1.29, 1.82) is 0 Å². The summed E-state index contributed by atoms with van der Waals surface area (Å²) in [5, 5.41) is 11.4. The van der Waals surface area contributed by atoms with Crippen LogP contribution in [-0.4, -0.2) is 41.8 Å². The van der Waals surface area contributed by atoms with Crippen LogP contribution in [0, 0.1) is 5.92 Å². The fourth-order valence-corrected chi connectivity index (χ4v) is 4.88. The van der Waals surface area contributed by atoms with Gasteiger partial charge in [0.15, 0.2) is 0 Å². The molecule has 4 heteroatoms. The van der Waals surface area contributed by atoms with Crippen molar-refractivity contribution < 1.29 is 9.84 Å². The molecule has 2 unspecified atom stereocenters. The first kappa shape index (κ1) is 21.0. The molecule has 0 radical (unpaired) electrons. The highest BCUT2D eigenvalue weighted by Crippen LogP contribution is 2.35. The van der Waals surface area contributed by atoms with Crippen molar-refractivity contribution >= 4 is 11.6 Å². The average Bonchev–Trinajstić information content (AvgIpc) is 2.68. The first-order valence-electron chi connectivity index (χ1n) is 11.0. The van der Waals surface area contributed by atoms with Crippen molar-refractivity contribution in [2.45, 2.75) is 83.3 Å². The Morgan fingerprint density at radius 2 is 1.78 bits per heavy atom. The second-order valence-corrected chi connectivity index (χ2v) is 8.77. The van der Waals surface area contributed by atoms with Crippen LogP contribution >= 0.6 is 11.6 Å². The van der Waals surface area contributed by atoms with Gasteiger partial charge in [-0.25, -0.2) is 0 Å². The van der Waals surface area contributed by atoms with Crippen LogP contribution in [0.15, 0.2) is 18.2 Å². The smallest absolute Gasteiger partial charge is 0.120 e. The fraction of sp³-hybridized carbons (Fsp3) is 0.739. The minimum atomic E-state index is -0.211. The molecule has 0 aromatic heterocycles. The summed E-state index contributed by atoms with van der Waals surface area (Å²) in [7, 11) is 0. The Labute approximate surface area is 170 Å². The van der Waals surface area contributed by atoms with Crippen LogP contribution in [0.1, 0.15) is 70.3 Å². The highest BCUT2D eigenvalue weighted by Gasteiger charge is 2.41. The summed E-state index contributed by atoms with van der Waals surface area (Å²) in [4.78, 5) is 2.44. The molecule has 0 amide bonds. The quantitative estimate of drug-likeness (QED) is 0.506. The van der Waals surface area contributed by atoms with Crippen molar-refractivity contribution in [3.8, 4) is 5.75 Å². The second kappa shape index (κ2) is 10.7. The highest BCUT2D eigenvalue weighted by atomic mass is 35.5. The van der Waals surface area contributed by atoms with E-state index in [1.807, 2.05) is 12.1 Å². The van der Waals surface area contributed by atoms with E-state index >= 15 is 0 Å². The Hall–Kier alpha value is -0.770. The van der Waals surface area contributed by atoms with Crippen molar-refractivity contribution in [2.24, 2.45) is 5.92 Å². The molecule has 3 nitrogen and oxygen atoms in total. The van der Waals surface area contributed by atoms with Gasteiger partial charge in [0.05, 0.1) is 12.7 Å². The number of unbranched alkanes of at least 4 members (excludes halogenated alkanes) is 6. The number of benzene rings is 1. The molecule has 3 saturated heterocycles. The summed E-state index contributed by atoms with van der Waals surface area (Å²) >= 11 is 6.53. The van der Waals surface area contributed by atoms with Crippen LogP contribution in [0.2, 0.25) is 5.02 Å². The van der Waals surface area contributed by atoms with Gasteiger partial charge in [-0.2, -0.15) is 0 Å². The topological polar surface area (TPSA) is 32.7 Å². The lowest BCUT2D eigenvalue weighted by atomic mass is 9.78. The second-order valence-electron chi connectivity index (χ2n) is 8.36. The van der Waals surface area contributed by atoms with Gasteiger partial charge in [0.2, 0.25) is 0 Å². The summed E-state index contributed by atoms with van der Waals surface area (Å²) < 4.78 is 5.89. The number of fused-ring (bicyclic) bond motifs is 3. The van der Waals surface area contributed by atoms with E-state index in [2.05, 4.69) is 17.9 Å². The Balaban J connectivity index is 1.41. The standard InChI is InChI=1S/C23H36ClNO2/c1-2-3-4-5-6-7-8-15-27-20-10-9-19(21(24)17-20)16-22-23(26)18-11-13-25(22)14-12-18/h9-10,17-18,22-23,26H,2-8,11-16H2,1H3. The SMILES string of the molecule is CCCCCCCCCOc1ccc(CC2C(O)C3CCN2CC3)c(Cl)c1. The largest absolute Gasteiger partial charge is 0.494 e. The third kappa shape index (κ3) is 5.85. The number of aliphatic hydroxyl groups excluding tert-OH is 1. The van der Waals surface area contributed by atoms with Gasteiger partial charge < -0.3 is 9.84 Å². The van der Waals surface area contributed by atoms with E-state index in [0.717, 1.165) is 61.7 Å². The molecule has 1 aromatic carbocycles. The Kier molecular flexibility index (Phi) is 8.29. The Morgan fingerprint density at radius 1 is 1.07 bits per heavy atom. The normalized spacial score (nSPS) is 27.1. The van der Waals surface area contributed by atoms with Gasteiger partial charge in [0.25, 0.3) is 0 Å². The molecule has 3 aliphatic heterocycles. The molecular weight excluding hydrogens is 358 g/mol. The van der Waals surface area contributed by atoms with E-state index in [9.17, 15) is 5.11 Å². The van der Waals surface area contributed by atoms with Crippen LogP contribution in [0.4, 0.5) is 0 Å². The van der Waals surface area contributed by atoms with Crippen LogP contribution in [0.5, 0.6) is 5.75 Å². The zero-order chi connectivity index (χ0) is 19.1. The summed E-state index contributed by atoms with van der Waals surface area (Å²) in [5.74, 6) is 1.34. The molecule has 1 N–H and O–H groups in total. The minimum absolute atomic E-state index is 0.211. The first-order valence-corrected chi connectivity index (χ1v) is 11.4. The maximum absolute atomic E-state index is 10.6. The Morgan fingerprint density at radius 3 is 2.44 bits per heavy atom. The number of hydrogen-bond acceptors (Lipinski definition) is 3. The number of hydrogen-bond donors (Lipinski definition) is 1. The summed E-state index contributed by atoms with van der Waals surface area (Å²) in [6, 6.07) is 6.28. The third-order valence-corrected chi connectivity index (χ3v) is 6.74. The number of halogens is 1. The molecular formula is C23H36ClNO2. The van der Waals surface area contributed by atoms with Crippen LogP contribution < -0.4 is 4.74 Å². The molecule has 2 atom stereocenters. The predicted octanol–water partition coefficient (Wildman–Crippen LogP) is 5.47. The summed E-state index contributed by atoms with van der Waals surface area (Å²) in [5.41, 5.74) is 1.12. The number of rotatable bonds is 11. The van der Waals surface area contributed by atoms with Gasteiger partial charge in [-0.15, -0.1) is 0 Å². The lowest BCUT2D eigenvalue weighted by molar-refractivity contribution is -0.0715. The summed E-state index contributed by atoms with van der Waals surface area (Å²) in [6.07, 6.45) is 11.9. The molecule has 2 bridgehead atoms. The summed E-state index contributed by atoms with van der Waals surface area (Å²) in [6.45, 7) is 5.25. The van der Waals surface area contributed by atoms with Gasteiger partial charge in [0, 0.05) is 11.1 Å². The van der Waals surface area contributed by atoms with E-state index in [1.54, 1.807) is 0 Å². The molecule has 3 fully saturated rings. The monoisotopic (exact) mass is 393 g/mol. The van der Waals surface area contributed by atoms with Crippen molar-refractivity contribution in [3.05, 3.63) is 28.8 Å². The average molecular weight is 394 g/mol. The van der Waals surface area contributed by atoms with E-state index in [-0.39, 0.29) is 12.1 Å². The van der Waals surface area contributed by atoms with E-state index in [0.29, 0.717) is 5.92 Å². The fourth-order valence-electron chi connectivity index (χ4n) is 4.63. The Bertz CT molecular complexity index is 569. The number of ether oxygens (including phenoxy) is 1. The van der Waals surface area contributed by atoms with Crippen molar-refractivity contribution in [1.82, 2.24) is 4.90 Å². The van der Waals surface area contributed by atoms with E-state index < -0.39 is 0 Å². The van der Waals surface area contributed by atoms with Gasteiger partial charge in [0.1, 0.15) is 5.75 Å². The van der Waals surface area contributed by atoms with Crippen LogP contribution in [0.25, 0.3) is 0 Å². The zero-order valence-corrected chi connectivity index (χ0v) is 17.6. The number of piperidine rings is 3. The predicted molar refractivity (Wildman–Crippen MR) is 113 cm³/mol. The first-order chi connectivity index (χ1) is 13.2. The van der Waals surface area contributed by atoms with Gasteiger partial charge in [-0.1, -0.05) is 63.1 Å². The molecule has 4 rings (SSSR count). The highest BCUT2D eigenvalue weighted by molar-refractivity contribution is 6.31. The maximum atomic E-state index is 10.6. The lowest BCUT2D eigenvalue weighted by Crippen LogP contribution is -2.58. The molecule has 3 aliphatic rings. The molecule has 1 aromatic rings. The molecule has 3 heterocycles. The maximum Gasteiger partial charge on any atom is 0.120 e. The lowest BCUT2D eigenvalue weighted by Gasteiger charge is -2.49. The van der Waals surface area contributed by atoms with Gasteiger partial charge in [-0.05, 0) is 62.4 Å². The van der Waals surface area contributed by atoms with Crippen LogP contribution in [0.3, 0.4) is 0 Å².